The van der Waals surface area contributed by atoms with E-state index in [1.54, 1.807) is 0 Å². The Kier molecular flexibility index (Phi) is 5.16. The van der Waals surface area contributed by atoms with Gasteiger partial charge in [-0.15, -0.1) is 0 Å². The smallest absolute Gasteiger partial charge is 0.0800 e. The highest BCUT2D eigenvalue weighted by atomic mass is 35.5. The zero-order chi connectivity index (χ0) is 19.2. The van der Waals surface area contributed by atoms with Gasteiger partial charge in [-0.1, -0.05) is 116 Å². The number of halogens is 10. The van der Waals surface area contributed by atoms with Gasteiger partial charge in [0.1, 0.15) is 0 Å². The van der Waals surface area contributed by atoms with Crippen molar-refractivity contribution in [2.24, 2.45) is 0 Å². The Labute approximate surface area is 197 Å². The molecule has 0 aliphatic heterocycles. The van der Waals surface area contributed by atoms with Gasteiger partial charge < -0.3 is 0 Å². The first-order chi connectivity index (χ1) is 12.1. The van der Waals surface area contributed by atoms with Crippen LogP contribution in [0.3, 0.4) is 0 Å². The second kappa shape index (κ2) is 6.67. The molecule has 0 unspecified atom stereocenters. The van der Waals surface area contributed by atoms with E-state index >= 15 is 0 Å². The summed E-state index contributed by atoms with van der Waals surface area (Å²) in [4.78, 5) is 0. The Hall–Kier alpha value is 0.820. The van der Waals surface area contributed by atoms with E-state index in [1.165, 1.54) is 0 Å². The van der Waals surface area contributed by atoms with Gasteiger partial charge in [0.15, 0.2) is 0 Å². The molecule has 0 spiro atoms. The molecule has 0 atom stereocenters. The van der Waals surface area contributed by atoms with Crippen molar-refractivity contribution in [3.8, 4) is 22.3 Å². The van der Waals surface area contributed by atoms with Crippen LogP contribution < -0.4 is 0 Å². The Balaban J connectivity index is 2.45. The third kappa shape index (κ3) is 2.39. The molecular formula is C16Cl10. The minimum absolute atomic E-state index is 0.0773. The zero-order valence-electron chi connectivity index (χ0n) is 11.8. The molecule has 0 N–H and O–H groups in total. The van der Waals surface area contributed by atoms with Crippen LogP contribution in [0.25, 0.3) is 33.0 Å². The largest absolute Gasteiger partial charge is 0.0819 e. The van der Waals surface area contributed by atoms with Crippen LogP contribution in [0, 0.1) is 0 Å². The summed E-state index contributed by atoms with van der Waals surface area (Å²) >= 11 is 63.8. The Morgan fingerprint density at radius 2 is 0.500 bits per heavy atom. The van der Waals surface area contributed by atoms with Crippen molar-refractivity contribution >= 4 is 127 Å². The molecule has 0 amide bonds. The molecule has 0 fully saturated rings. The molecule has 0 radical (unpaired) electrons. The van der Waals surface area contributed by atoms with E-state index in [0.717, 1.165) is 0 Å². The van der Waals surface area contributed by atoms with Crippen LogP contribution >= 0.6 is 116 Å². The second-order valence-electron chi connectivity index (χ2n) is 5.39. The van der Waals surface area contributed by atoms with Crippen LogP contribution in [-0.2, 0) is 0 Å². The fourth-order valence-corrected chi connectivity index (χ4v) is 5.81. The van der Waals surface area contributed by atoms with Crippen molar-refractivity contribution in [3.63, 3.8) is 0 Å². The number of benzene rings is 3. The lowest BCUT2D eigenvalue weighted by atomic mass is 10.0. The van der Waals surface area contributed by atoms with Gasteiger partial charge in [-0.2, -0.15) is 0 Å². The molecule has 1 aliphatic rings. The van der Waals surface area contributed by atoms with E-state index in [2.05, 4.69) is 0 Å². The quantitative estimate of drug-likeness (QED) is 0.152. The van der Waals surface area contributed by atoms with Crippen molar-refractivity contribution in [1.82, 2.24) is 0 Å². The van der Waals surface area contributed by atoms with E-state index < -0.39 is 0 Å². The summed E-state index contributed by atoms with van der Waals surface area (Å²) in [5.74, 6) is 0. The summed E-state index contributed by atoms with van der Waals surface area (Å²) in [6.07, 6.45) is 0. The van der Waals surface area contributed by atoms with E-state index in [0.29, 0.717) is 33.0 Å². The van der Waals surface area contributed by atoms with Crippen molar-refractivity contribution < 1.29 is 0 Å². The van der Waals surface area contributed by atoms with Crippen molar-refractivity contribution in [3.05, 3.63) is 50.2 Å². The maximum atomic E-state index is 6.49. The molecule has 26 heavy (non-hydrogen) atoms. The Morgan fingerprint density at radius 1 is 0.231 bits per heavy atom. The zero-order valence-corrected chi connectivity index (χ0v) is 19.3. The molecule has 3 aromatic rings. The molecule has 4 rings (SSSR count). The number of fused-ring (bicyclic) bond motifs is 3. The summed E-state index contributed by atoms with van der Waals surface area (Å²) in [6, 6.07) is 0. The Bertz CT molecular complexity index is 1090. The molecule has 0 heterocycles. The maximum Gasteiger partial charge on any atom is 0.0800 e. The van der Waals surface area contributed by atoms with Crippen LogP contribution in [0.15, 0.2) is 0 Å². The summed E-state index contributed by atoms with van der Waals surface area (Å²) in [5.41, 5.74) is 1.81. The van der Waals surface area contributed by atoms with Crippen LogP contribution in [0.1, 0.15) is 0 Å². The van der Waals surface area contributed by atoms with Gasteiger partial charge in [0.25, 0.3) is 0 Å². The third-order valence-electron chi connectivity index (χ3n) is 4.17. The van der Waals surface area contributed by atoms with Crippen molar-refractivity contribution in [2.75, 3.05) is 0 Å². The SMILES string of the molecule is Clc1c(Cl)c(Cl)c2c(c1Cl)-c1c(Cl)c(Cl)c(Cl)c3c(Cl)c(Cl)c(Cl)c-2c13. The van der Waals surface area contributed by atoms with Gasteiger partial charge in [-0.25, -0.2) is 0 Å². The lowest BCUT2D eigenvalue weighted by Crippen LogP contribution is -1.86. The van der Waals surface area contributed by atoms with Gasteiger partial charge in [-0.05, 0) is 0 Å². The minimum Gasteiger partial charge on any atom is -0.0819 e. The molecule has 0 saturated heterocycles. The van der Waals surface area contributed by atoms with Gasteiger partial charge in [0, 0.05) is 33.0 Å². The molecule has 134 valence electrons. The van der Waals surface area contributed by atoms with Gasteiger partial charge in [-0.3, -0.25) is 0 Å². The first-order valence-corrected chi connectivity index (χ1v) is 10.4. The summed E-state index contributed by atoms with van der Waals surface area (Å²) in [7, 11) is 0. The molecule has 0 nitrogen and oxygen atoms in total. The standard InChI is InChI=1S/C16Cl10/c17-7-2-1-3(5-4(2)9(19)15(25)16(26)10(5)20)8(18)14(24)12(22)6(1)11(21)13(7)23. The van der Waals surface area contributed by atoms with Crippen molar-refractivity contribution in [1.29, 1.82) is 0 Å². The first kappa shape index (κ1) is 20.1. The van der Waals surface area contributed by atoms with Gasteiger partial charge >= 0.3 is 0 Å². The van der Waals surface area contributed by atoms with Crippen LogP contribution in [0.5, 0.6) is 0 Å². The van der Waals surface area contributed by atoms with Gasteiger partial charge in [0.05, 0.1) is 50.2 Å². The average Bonchev–Trinajstić information content (AvgIpc) is 2.96. The topological polar surface area (TPSA) is 0 Å². The van der Waals surface area contributed by atoms with E-state index in [-0.39, 0.29) is 50.2 Å². The van der Waals surface area contributed by atoms with Crippen LogP contribution in [-0.4, -0.2) is 0 Å². The summed E-state index contributed by atoms with van der Waals surface area (Å²) in [5, 5.41) is 2.15. The molecule has 10 heteroatoms. The summed E-state index contributed by atoms with van der Waals surface area (Å²) in [6.45, 7) is 0. The number of hydrogen-bond donors (Lipinski definition) is 0. The fraction of sp³-hybridized carbons (Fsp3) is 0. The lowest BCUT2D eigenvalue weighted by Gasteiger charge is -2.13. The highest BCUT2D eigenvalue weighted by Gasteiger charge is 2.37. The molecular weight excluding hydrogens is 547 g/mol. The second-order valence-corrected chi connectivity index (χ2v) is 9.17. The van der Waals surface area contributed by atoms with E-state index in [4.69, 9.17) is 116 Å². The predicted molar refractivity (Wildman–Crippen MR) is 118 cm³/mol. The molecule has 1 aliphatic carbocycles. The van der Waals surface area contributed by atoms with Gasteiger partial charge in [0.2, 0.25) is 0 Å². The fourth-order valence-electron chi connectivity index (χ4n) is 3.11. The highest BCUT2D eigenvalue weighted by Crippen LogP contribution is 2.64. The third-order valence-corrected chi connectivity index (χ3v) is 8.62. The monoisotopic (exact) mass is 542 g/mol. The van der Waals surface area contributed by atoms with Crippen molar-refractivity contribution in [2.45, 2.75) is 0 Å². The summed E-state index contributed by atoms with van der Waals surface area (Å²) < 4.78 is 0. The molecule has 0 saturated carbocycles. The Morgan fingerprint density at radius 3 is 0.846 bits per heavy atom. The number of hydrogen-bond acceptors (Lipinski definition) is 0. The normalized spacial score (nSPS) is 12.2. The highest BCUT2D eigenvalue weighted by molar-refractivity contribution is 6.61. The minimum atomic E-state index is 0.0773. The molecule has 3 aromatic carbocycles. The van der Waals surface area contributed by atoms with E-state index in [9.17, 15) is 0 Å². The van der Waals surface area contributed by atoms with Crippen LogP contribution in [0.4, 0.5) is 0 Å². The van der Waals surface area contributed by atoms with E-state index in [1.807, 2.05) is 0 Å². The first-order valence-electron chi connectivity index (χ1n) is 6.64. The predicted octanol–water partition coefficient (Wildman–Crippen LogP) is 11.0. The lowest BCUT2D eigenvalue weighted by molar-refractivity contribution is 1.68. The van der Waals surface area contributed by atoms with Crippen LogP contribution in [0.2, 0.25) is 50.2 Å². The molecule has 0 bridgehead atoms. The average molecular weight is 547 g/mol. The molecule has 0 aromatic heterocycles. The maximum absolute atomic E-state index is 6.49. The number of rotatable bonds is 0.